The van der Waals surface area contributed by atoms with E-state index in [1.807, 2.05) is 60.0 Å². The largest absolute Gasteiger partial charge is 0.441 e. The van der Waals surface area contributed by atoms with E-state index >= 15 is 0 Å². The van der Waals surface area contributed by atoms with Gasteiger partial charge in [0.25, 0.3) is 0 Å². The normalized spacial score (nSPS) is 11.1. The van der Waals surface area contributed by atoms with Crippen LogP contribution in [0.3, 0.4) is 0 Å². The predicted octanol–water partition coefficient (Wildman–Crippen LogP) is 5.68. The second-order valence-electron chi connectivity index (χ2n) is 7.76. The molecule has 3 heterocycles. The van der Waals surface area contributed by atoms with Gasteiger partial charge in [-0.3, -0.25) is 9.20 Å². The first kappa shape index (κ1) is 20.6. The van der Waals surface area contributed by atoms with Crippen LogP contribution in [0.4, 0.5) is 10.2 Å². The molecule has 164 valence electrons. The van der Waals surface area contributed by atoms with Crippen LogP contribution >= 0.6 is 0 Å². The van der Waals surface area contributed by atoms with Crippen LogP contribution in [0.25, 0.3) is 28.2 Å². The molecule has 0 unspecified atom stereocenters. The van der Waals surface area contributed by atoms with Crippen molar-refractivity contribution >= 4 is 17.4 Å². The first-order valence-electron chi connectivity index (χ1n) is 10.6. The number of nitrogens with zero attached hydrogens (tertiary/aromatic N) is 3. The first-order valence-corrected chi connectivity index (χ1v) is 10.6. The van der Waals surface area contributed by atoms with Crippen LogP contribution in [-0.2, 0) is 11.2 Å². The zero-order valence-electron chi connectivity index (χ0n) is 18.0. The summed E-state index contributed by atoms with van der Waals surface area (Å²) in [6.07, 6.45) is 3.87. The molecule has 2 aromatic carbocycles. The third-order valence-electron chi connectivity index (χ3n) is 5.33. The summed E-state index contributed by atoms with van der Waals surface area (Å²) in [5.41, 5.74) is 3.76. The quantitative estimate of drug-likeness (QED) is 0.369. The lowest BCUT2D eigenvalue weighted by Crippen LogP contribution is -2.14. The number of benzene rings is 2. The van der Waals surface area contributed by atoms with Gasteiger partial charge in [0, 0.05) is 24.6 Å². The number of amides is 1. The van der Waals surface area contributed by atoms with Crippen molar-refractivity contribution in [3.05, 3.63) is 96.4 Å². The number of hydrogen-bond acceptors (Lipinski definition) is 4. The van der Waals surface area contributed by atoms with Gasteiger partial charge in [-0.15, -0.1) is 0 Å². The molecule has 0 spiro atoms. The highest BCUT2D eigenvalue weighted by molar-refractivity contribution is 5.94. The molecular weight excluding hydrogens is 419 g/mol. The van der Waals surface area contributed by atoms with Gasteiger partial charge in [0.2, 0.25) is 5.91 Å². The van der Waals surface area contributed by atoms with Gasteiger partial charge in [0.15, 0.2) is 11.7 Å². The summed E-state index contributed by atoms with van der Waals surface area (Å²) in [7, 11) is 0. The van der Waals surface area contributed by atoms with Gasteiger partial charge in [0.05, 0.1) is 11.8 Å². The summed E-state index contributed by atoms with van der Waals surface area (Å²) in [4.78, 5) is 21.8. The first-order chi connectivity index (χ1) is 16.1. The van der Waals surface area contributed by atoms with Crippen molar-refractivity contribution in [2.45, 2.75) is 19.8 Å². The summed E-state index contributed by atoms with van der Waals surface area (Å²) < 4.78 is 21.5. The smallest absolute Gasteiger partial charge is 0.226 e. The van der Waals surface area contributed by atoms with Crippen molar-refractivity contribution in [1.82, 2.24) is 14.4 Å². The summed E-state index contributed by atoms with van der Waals surface area (Å²) in [6.45, 7) is 1.99. The van der Waals surface area contributed by atoms with Crippen LogP contribution in [0.1, 0.15) is 17.9 Å². The maximum Gasteiger partial charge on any atom is 0.226 e. The number of carbonyl (C=O) groups excluding carboxylic acids is 1. The molecule has 0 aliphatic carbocycles. The molecule has 1 N–H and O–H groups in total. The maximum atomic E-state index is 14.0. The van der Waals surface area contributed by atoms with Gasteiger partial charge >= 0.3 is 0 Å². The van der Waals surface area contributed by atoms with Gasteiger partial charge in [-0.05, 0) is 30.7 Å². The van der Waals surface area contributed by atoms with Crippen LogP contribution in [0.5, 0.6) is 0 Å². The molecule has 0 fully saturated rings. The van der Waals surface area contributed by atoms with Crippen molar-refractivity contribution in [3.63, 3.8) is 0 Å². The lowest BCUT2D eigenvalue weighted by molar-refractivity contribution is -0.116. The molecule has 0 radical (unpaired) electrons. The van der Waals surface area contributed by atoms with E-state index in [1.165, 1.54) is 12.3 Å². The number of anilines is 1. The molecule has 6 nitrogen and oxygen atoms in total. The average molecular weight is 440 g/mol. The van der Waals surface area contributed by atoms with Gasteiger partial charge < -0.3 is 9.73 Å². The number of aromatic nitrogens is 3. The highest BCUT2D eigenvalue weighted by atomic mass is 19.1. The van der Waals surface area contributed by atoms with E-state index in [0.717, 1.165) is 16.8 Å². The molecule has 33 heavy (non-hydrogen) atoms. The Morgan fingerprint density at radius 2 is 1.85 bits per heavy atom. The Kier molecular flexibility index (Phi) is 5.44. The van der Waals surface area contributed by atoms with Gasteiger partial charge in [-0.25, -0.2) is 14.4 Å². The van der Waals surface area contributed by atoms with Crippen molar-refractivity contribution in [3.8, 4) is 22.6 Å². The zero-order valence-corrected chi connectivity index (χ0v) is 18.0. The highest BCUT2D eigenvalue weighted by Gasteiger charge is 2.17. The number of nitrogens with one attached hydrogen (secondary N) is 1. The van der Waals surface area contributed by atoms with Gasteiger partial charge in [0.1, 0.15) is 23.0 Å². The molecule has 0 bridgehead atoms. The Morgan fingerprint density at radius 3 is 2.67 bits per heavy atom. The van der Waals surface area contributed by atoms with Gasteiger partial charge in [-0.2, -0.15) is 0 Å². The van der Waals surface area contributed by atoms with E-state index in [1.54, 1.807) is 18.2 Å². The minimum atomic E-state index is -0.380. The van der Waals surface area contributed by atoms with Crippen molar-refractivity contribution in [2.75, 3.05) is 5.32 Å². The maximum absolute atomic E-state index is 14.0. The minimum Gasteiger partial charge on any atom is -0.441 e. The lowest BCUT2D eigenvalue weighted by Gasteiger charge is -2.08. The third-order valence-corrected chi connectivity index (χ3v) is 5.33. The van der Waals surface area contributed by atoms with E-state index in [0.29, 0.717) is 28.7 Å². The summed E-state index contributed by atoms with van der Waals surface area (Å²) >= 11 is 0. The monoisotopic (exact) mass is 440 g/mol. The molecular formula is C26H21FN4O2. The zero-order chi connectivity index (χ0) is 22.8. The fourth-order valence-electron chi connectivity index (χ4n) is 3.69. The van der Waals surface area contributed by atoms with E-state index in [9.17, 15) is 9.18 Å². The molecule has 0 atom stereocenters. The summed E-state index contributed by atoms with van der Waals surface area (Å²) in [5, 5.41) is 3.01. The van der Waals surface area contributed by atoms with Crippen molar-refractivity contribution < 1.29 is 13.6 Å². The number of halogens is 1. The standard InChI is InChI=1S/C26H21FN4O2/c1-17-11-12-22-29-25(18-7-3-2-4-8-18)26(31(22)16-17)30-23(32)13-14-24-28-15-21(33-24)19-9-5-6-10-20(19)27/h2-12,15-16H,13-14H2,1H3,(H,30,32). The number of rotatable bonds is 6. The van der Waals surface area contributed by atoms with Crippen LogP contribution < -0.4 is 5.32 Å². The summed E-state index contributed by atoms with van der Waals surface area (Å²) in [6, 6.07) is 20.0. The SMILES string of the molecule is Cc1ccc2nc(-c3ccccc3)c(NC(=O)CCc3ncc(-c4ccccc4F)o3)n2c1. The molecule has 0 saturated heterocycles. The Labute approximate surface area is 189 Å². The lowest BCUT2D eigenvalue weighted by atomic mass is 10.1. The number of pyridine rings is 1. The average Bonchev–Trinajstić information content (AvgIpc) is 3.44. The number of imidazole rings is 1. The number of fused-ring (bicyclic) bond motifs is 1. The van der Waals surface area contributed by atoms with Crippen LogP contribution in [0.15, 0.2) is 83.5 Å². The molecule has 0 aliphatic heterocycles. The minimum absolute atomic E-state index is 0.157. The van der Waals surface area contributed by atoms with Crippen LogP contribution in [0.2, 0.25) is 0 Å². The van der Waals surface area contributed by atoms with E-state index < -0.39 is 0 Å². The highest BCUT2D eigenvalue weighted by Crippen LogP contribution is 2.29. The molecule has 1 amide bonds. The summed E-state index contributed by atoms with van der Waals surface area (Å²) in [5.74, 6) is 0.757. The molecule has 0 aliphatic rings. The van der Waals surface area contributed by atoms with Crippen molar-refractivity contribution in [2.24, 2.45) is 0 Å². The second kappa shape index (κ2) is 8.70. The number of hydrogen-bond donors (Lipinski definition) is 1. The molecule has 3 aromatic heterocycles. The Hall–Kier alpha value is -4.26. The molecule has 5 rings (SSSR count). The van der Waals surface area contributed by atoms with E-state index in [-0.39, 0.29) is 24.6 Å². The van der Waals surface area contributed by atoms with E-state index in [2.05, 4.69) is 10.3 Å². The molecule has 7 heteroatoms. The molecule has 0 saturated carbocycles. The fraction of sp³-hybridized carbons (Fsp3) is 0.115. The predicted molar refractivity (Wildman–Crippen MR) is 124 cm³/mol. The third kappa shape index (κ3) is 4.25. The number of oxazole rings is 1. The van der Waals surface area contributed by atoms with Crippen LogP contribution in [-0.4, -0.2) is 20.3 Å². The van der Waals surface area contributed by atoms with Gasteiger partial charge in [-0.1, -0.05) is 48.5 Å². The molecule has 5 aromatic rings. The Morgan fingerprint density at radius 1 is 1.06 bits per heavy atom. The second-order valence-corrected chi connectivity index (χ2v) is 7.76. The Balaban J connectivity index is 1.36. The fourth-order valence-corrected chi connectivity index (χ4v) is 3.69. The number of aryl methyl sites for hydroxylation is 2. The van der Waals surface area contributed by atoms with E-state index in [4.69, 9.17) is 9.40 Å². The van der Waals surface area contributed by atoms with Crippen LogP contribution in [0, 0.1) is 12.7 Å². The number of carbonyl (C=O) groups is 1. The van der Waals surface area contributed by atoms with Crippen molar-refractivity contribution in [1.29, 1.82) is 0 Å². The topological polar surface area (TPSA) is 72.4 Å². The Bertz CT molecular complexity index is 1440.